The number of likely N-dealkylation sites (N-methyl/N-ethyl adjacent to an activating group) is 1. The van der Waals surface area contributed by atoms with Crippen molar-refractivity contribution in [2.75, 3.05) is 61.2 Å². The summed E-state index contributed by atoms with van der Waals surface area (Å²) in [7, 11) is 6.45. The van der Waals surface area contributed by atoms with Gasteiger partial charge in [0.25, 0.3) is 0 Å². The molecule has 0 amide bonds. The van der Waals surface area contributed by atoms with E-state index in [9.17, 15) is 4.79 Å². The molecule has 0 saturated heterocycles. The fourth-order valence-corrected chi connectivity index (χ4v) is 1.42. The first kappa shape index (κ1) is 16.3. The van der Waals surface area contributed by atoms with Crippen LogP contribution in [0.1, 0.15) is 0 Å². The Morgan fingerprint density at radius 3 is 2.06 bits per heavy atom. The summed E-state index contributed by atoms with van der Waals surface area (Å²) < 4.78 is 14.8. The molecule has 6 heteroatoms. The molecular weight excluding hydrogens is 224 g/mol. The number of carbonyl (C=O) groups is 1. The maximum Gasteiger partial charge on any atom is 0.324 e. The molecule has 17 heavy (non-hydrogen) atoms. The minimum atomic E-state index is -0.325. The van der Waals surface area contributed by atoms with Crippen LogP contribution in [-0.2, 0) is 19.0 Å². The van der Waals surface area contributed by atoms with Crippen molar-refractivity contribution in [1.29, 1.82) is 0 Å². The summed E-state index contributed by atoms with van der Waals surface area (Å²) in [5.41, 5.74) is 0. The van der Waals surface area contributed by atoms with E-state index in [0.717, 1.165) is 13.1 Å². The van der Waals surface area contributed by atoms with Crippen LogP contribution >= 0.6 is 0 Å². The smallest absolute Gasteiger partial charge is 0.324 e. The van der Waals surface area contributed by atoms with E-state index in [0.29, 0.717) is 19.8 Å². The van der Waals surface area contributed by atoms with Crippen LogP contribution in [0.15, 0.2) is 0 Å². The second-order valence-corrected chi connectivity index (χ2v) is 3.65. The zero-order valence-electron chi connectivity index (χ0n) is 11.2. The molecule has 0 spiro atoms. The lowest BCUT2D eigenvalue weighted by molar-refractivity contribution is -0.143. The first-order valence-electron chi connectivity index (χ1n) is 5.64. The summed E-state index contributed by atoms with van der Waals surface area (Å²) in [5.74, 6) is -0.257. The first-order chi connectivity index (χ1) is 8.19. The fraction of sp³-hybridized carbons (Fsp3) is 0.909. The van der Waals surface area contributed by atoms with E-state index in [2.05, 4.69) is 10.2 Å². The molecule has 1 atom stereocenters. The predicted molar refractivity (Wildman–Crippen MR) is 65.1 cm³/mol. The second-order valence-electron chi connectivity index (χ2n) is 3.65. The Hall–Kier alpha value is -0.690. The summed E-state index contributed by atoms with van der Waals surface area (Å²) >= 11 is 0. The van der Waals surface area contributed by atoms with Gasteiger partial charge in [0.05, 0.1) is 20.3 Å². The number of hydrogen-bond acceptors (Lipinski definition) is 6. The first-order valence-corrected chi connectivity index (χ1v) is 5.64. The predicted octanol–water partition coefficient (Wildman–Crippen LogP) is -0.658. The Morgan fingerprint density at radius 1 is 1.18 bits per heavy atom. The van der Waals surface area contributed by atoms with E-state index in [1.54, 1.807) is 21.3 Å². The highest BCUT2D eigenvalue weighted by molar-refractivity contribution is 5.75. The van der Waals surface area contributed by atoms with E-state index < -0.39 is 0 Å². The summed E-state index contributed by atoms with van der Waals surface area (Å²) in [6, 6.07) is -0.325. The highest BCUT2D eigenvalue weighted by Crippen LogP contribution is 1.95. The molecule has 0 aliphatic rings. The van der Waals surface area contributed by atoms with E-state index >= 15 is 0 Å². The lowest BCUT2D eigenvalue weighted by atomic mass is 10.2. The molecule has 0 aromatic rings. The van der Waals surface area contributed by atoms with Crippen LogP contribution in [0.2, 0.25) is 0 Å². The van der Waals surface area contributed by atoms with E-state index in [-0.39, 0.29) is 12.0 Å². The molecule has 0 aliphatic heterocycles. The van der Waals surface area contributed by atoms with E-state index in [4.69, 9.17) is 14.2 Å². The maximum atomic E-state index is 11.5. The summed E-state index contributed by atoms with van der Waals surface area (Å²) in [6.07, 6.45) is 0. The molecule has 0 fully saturated rings. The Bertz CT molecular complexity index is 194. The van der Waals surface area contributed by atoms with Gasteiger partial charge in [0.1, 0.15) is 6.04 Å². The van der Waals surface area contributed by atoms with E-state index in [1.165, 1.54) is 7.11 Å². The van der Waals surface area contributed by atoms with Crippen LogP contribution in [0.3, 0.4) is 0 Å². The minimum absolute atomic E-state index is 0.257. The van der Waals surface area contributed by atoms with Gasteiger partial charge in [0.15, 0.2) is 0 Å². The average molecular weight is 248 g/mol. The third kappa shape index (κ3) is 7.27. The summed E-state index contributed by atoms with van der Waals surface area (Å²) in [4.78, 5) is 13.6. The molecule has 0 saturated carbocycles. The van der Waals surface area contributed by atoms with Gasteiger partial charge in [-0.1, -0.05) is 0 Å². The van der Waals surface area contributed by atoms with Crippen molar-refractivity contribution in [3.63, 3.8) is 0 Å². The van der Waals surface area contributed by atoms with Gasteiger partial charge in [-0.05, 0) is 7.05 Å². The topological polar surface area (TPSA) is 60.0 Å². The van der Waals surface area contributed by atoms with Crippen LogP contribution in [-0.4, -0.2) is 78.1 Å². The largest absolute Gasteiger partial charge is 0.468 e. The van der Waals surface area contributed by atoms with Crippen LogP contribution in [0.4, 0.5) is 0 Å². The van der Waals surface area contributed by atoms with Crippen LogP contribution in [0, 0.1) is 0 Å². The van der Waals surface area contributed by atoms with Gasteiger partial charge in [-0.15, -0.1) is 0 Å². The number of rotatable bonds is 10. The number of ether oxygens (including phenoxy) is 3. The van der Waals surface area contributed by atoms with Crippen LogP contribution < -0.4 is 5.32 Å². The zero-order chi connectivity index (χ0) is 13.1. The van der Waals surface area contributed by atoms with Crippen molar-refractivity contribution < 1.29 is 19.0 Å². The molecule has 0 bridgehead atoms. The normalized spacial score (nSPS) is 12.8. The molecule has 102 valence electrons. The standard InChI is InChI=1S/C11H24N2O4/c1-12-10(11(14)17-4)9-13(5-7-15-2)6-8-16-3/h10,12H,5-9H2,1-4H3. The van der Waals surface area contributed by atoms with Crippen molar-refractivity contribution in [2.24, 2.45) is 0 Å². The molecule has 0 aliphatic carbocycles. The van der Waals surface area contributed by atoms with Crippen molar-refractivity contribution in [2.45, 2.75) is 6.04 Å². The number of carbonyl (C=O) groups excluding carboxylic acids is 1. The number of nitrogens with one attached hydrogen (secondary N) is 1. The van der Waals surface area contributed by atoms with Crippen LogP contribution in [0.5, 0.6) is 0 Å². The van der Waals surface area contributed by atoms with Crippen LogP contribution in [0.25, 0.3) is 0 Å². The lowest BCUT2D eigenvalue weighted by Gasteiger charge is -2.25. The monoisotopic (exact) mass is 248 g/mol. The third-order valence-corrected chi connectivity index (χ3v) is 2.50. The summed E-state index contributed by atoms with van der Waals surface area (Å²) in [5, 5.41) is 2.94. The fourth-order valence-electron chi connectivity index (χ4n) is 1.42. The second kappa shape index (κ2) is 10.5. The highest BCUT2D eigenvalue weighted by atomic mass is 16.5. The molecule has 0 aromatic heterocycles. The molecule has 0 aromatic carbocycles. The Morgan fingerprint density at radius 2 is 1.71 bits per heavy atom. The van der Waals surface area contributed by atoms with Gasteiger partial charge < -0.3 is 19.5 Å². The number of hydrogen-bond donors (Lipinski definition) is 1. The molecule has 0 radical (unpaired) electrons. The Balaban J connectivity index is 4.20. The van der Waals surface area contributed by atoms with Gasteiger partial charge in [0.2, 0.25) is 0 Å². The SMILES string of the molecule is CNC(CN(CCOC)CCOC)C(=O)OC. The lowest BCUT2D eigenvalue weighted by Crippen LogP contribution is -2.46. The van der Waals surface area contributed by atoms with Gasteiger partial charge in [0, 0.05) is 33.9 Å². The number of nitrogens with zero attached hydrogens (tertiary/aromatic N) is 1. The van der Waals surface area contributed by atoms with Crippen molar-refractivity contribution in [3.8, 4) is 0 Å². The number of esters is 1. The zero-order valence-corrected chi connectivity index (χ0v) is 11.2. The summed E-state index contributed by atoms with van der Waals surface area (Å²) in [6.45, 7) is 3.35. The average Bonchev–Trinajstić information content (AvgIpc) is 2.37. The highest BCUT2D eigenvalue weighted by Gasteiger charge is 2.20. The molecule has 1 N–H and O–H groups in total. The number of methoxy groups -OCH3 is 3. The minimum Gasteiger partial charge on any atom is -0.468 e. The molecule has 6 nitrogen and oxygen atoms in total. The Labute approximate surface area is 103 Å². The van der Waals surface area contributed by atoms with Crippen molar-refractivity contribution >= 4 is 5.97 Å². The molecule has 1 unspecified atom stereocenters. The Kier molecular flexibility index (Phi) is 10.0. The van der Waals surface area contributed by atoms with Gasteiger partial charge in [-0.3, -0.25) is 9.69 Å². The van der Waals surface area contributed by atoms with Gasteiger partial charge in [-0.2, -0.15) is 0 Å². The third-order valence-electron chi connectivity index (χ3n) is 2.50. The quantitative estimate of drug-likeness (QED) is 0.518. The molecule has 0 heterocycles. The molecular formula is C11H24N2O4. The van der Waals surface area contributed by atoms with Gasteiger partial charge in [-0.25, -0.2) is 0 Å². The van der Waals surface area contributed by atoms with Crippen molar-refractivity contribution in [3.05, 3.63) is 0 Å². The molecule has 0 rings (SSSR count). The van der Waals surface area contributed by atoms with Crippen molar-refractivity contribution in [1.82, 2.24) is 10.2 Å². The van der Waals surface area contributed by atoms with E-state index in [1.807, 2.05) is 0 Å². The van der Waals surface area contributed by atoms with Gasteiger partial charge >= 0.3 is 5.97 Å². The maximum absolute atomic E-state index is 11.5.